The first-order valence-electron chi connectivity index (χ1n) is 5.38. The van der Waals surface area contributed by atoms with Gasteiger partial charge in [-0.05, 0) is 5.56 Å². The highest BCUT2D eigenvalue weighted by Gasteiger charge is 2.12. The number of nitrogens with zero attached hydrogens (tertiary/aromatic N) is 3. The zero-order chi connectivity index (χ0) is 12.3. The van der Waals surface area contributed by atoms with E-state index < -0.39 is 0 Å². The fraction of sp³-hybridized carbons (Fsp3) is 0.231. The molecular weight excluding hydrogens is 214 g/mol. The number of rotatable bonds is 3. The van der Waals surface area contributed by atoms with E-state index in [2.05, 4.69) is 6.07 Å². The predicted octanol–water partition coefficient (Wildman–Crippen LogP) is 1.49. The van der Waals surface area contributed by atoms with Gasteiger partial charge < -0.3 is 4.57 Å². The van der Waals surface area contributed by atoms with E-state index >= 15 is 0 Å². The van der Waals surface area contributed by atoms with Gasteiger partial charge in [0.15, 0.2) is 0 Å². The van der Waals surface area contributed by atoms with Gasteiger partial charge in [0.05, 0.1) is 12.0 Å². The first kappa shape index (κ1) is 11.2. The van der Waals surface area contributed by atoms with Crippen molar-refractivity contribution in [3.8, 4) is 6.07 Å². The van der Waals surface area contributed by atoms with Crippen molar-refractivity contribution in [1.82, 2.24) is 9.13 Å². The molecule has 86 valence electrons. The molecule has 0 fully saturated rings. The average molecular weight is 227 g/mol. The van der Waals surface area contributed by atoms with Gasteiger partial charge in [-0.1, -0.05) is 30.3 Å². The van der Waals surface area contributed by atoms with Gasteiger partial charge in [-0.2, -0.15) is 5.26 Å². The maximum Gasteiger partial charge on any atom is 0.327 e. The number of benzene rings is 1. The number of aryl methyl sites for hydroxylation is 1. The molecule has 1 unspecified atom stereocenters. The van der Waals surface area contributed by atoms with Gasteiger partial charge in [0.25, 0.3) is 0 Å². The van der Waals surface area contributed by atoms with Crippen LogP contribution in [0.5, 0.6) is 0 Å². The molecule has 1 heterocycles. The molecule has 0 aliphatic rings. The summed E-state index contributed by atoms with van der Waals surface area (Å²) in [6, 6.07) is 11.7. The Balaban J connectivity index is 2.26. The predicted molar refractivity (Wildman–Crippen MR) is 64.5 cm³/mol. The van der Waals surface area contributed by atoms with Gasteiger partial charge in [0.1, 0.15) is 0 Å². The standard InChI is InChI=1S/C13H13N3O/c1-15-7-8-16(13(15)17)10-12(9-14)11-5-3-2-4-6-11/h2-8,12H,10H2,1H3. The van der Waals surface area contributed by atoms with Crippen LogP contribution in [0.1, 0.15) is 11.5 Å². The molecule has 0 amide bonds. The van der Waals surface area contributed by atoms with Gasteiger partial charge >= 0.3 is 5.69 Å². The topological polar surface area (TPSA) is 50.7 Å². The highest BCUT2D eigenvalue weighted by atomic mass is 16.1. The molecule has 0 aliphatic carbocycles. The lowest BCUT2D eigenvalue weighted by Crippen LogP contribution is -2.24. The summed E-state index contributed by atoms with van der Waals surface area (Å²) in [6.45, 7) is 0.389. The third-order valence-electron chi connectivity index (χ3n) is 2.75. The lowest BCUT2D eigenvalue weighted by Gasteiger charge is -2.09. The summed E-state index contributed by atoms with van der Waals surface area (Å²) >= 11 is 0. The first-order valence-corrected chi connectivity index (χ1v) is 5.38. The number of hydrogen-bond donors (Lipinski definition) is 0. The molecule has 0 spiro atoms. The second-order valence-electron chi connectivity index (χ2n) is 3.94. The Morgan fingerprint density at radius 2 is 2.00 bits per heavy atom. The van der Waals surface area contributed by atoms with Crippen molar-refractivity contribution in [3.05, 3.63) is 58.8 Å². The summed E-state index contributed by atoms with van der Waals surface area (Å²) in [5, 5.41) is 9.17. The van der Waals surface area contributed by atoms with Gasteiger partial charge in [-0.15, -0.1) is 0 Å². The van der Waals surface area contributed by atoms with E-state index in [4.69, 9.17) is 5.26 Å². The molecule has 0 aliphatic heterocycles. The average Bonchev–Trinajstić information content (AvgIpc) is 2.68. The quantitative estimate of drug-likeness (QED) is 0.797. The number of aromatic nitrogens is 2. The largest absolute Gasteiger partial charge is 0.327 e. The molecule has 0 radical (unpaired) electrons. The molecule has 0 bridgehead atoms. The normalized spacial score (nSPS) is 12.0. The van der Waals surface area contributed by atoms with Crippen LogP contribution in [0.25, 0.3) is 0 Å². The van der Waals surface area contributed by atoms with Crippen molar-refractivity contribution in [2.24, 2.45) is 7.05 Å². The van der Waals surface area contributed by atoms with Crippen molar-refractivity contribution < 1.29 is 0 Å². The molecule has 2 rings (SSSR count). The Morgan fingerprint density at radius 1 is 1.29 bits per heavy atom. The first-order chi connectivity index (χ1) is 8.22. The van der Waals surface area contributed by atoms with Gasteiger partial charge in [-0.3, -0.25) is 4.57 Å². The number of imidazole rings is 1. The minimum Gasteiger partial charge on any atom is -0.302 e. The van der Waals surface area contributed by atoms with E-state index in [0.29, 0.717) is 6.54 Å². The monoisotopic (exact) mass is 227 g/mol. The molecule has 1 aromatic carbocycles. The lowest BCUT2D eigenvalue weighted by atomic mass is 10.0. The summed E-state index contributed by atoms with van der Waals surface area (Å²) in [5.41, 5.74) is 0.840. The molecular formula is C13H13N3O. The number of nitriles is 1. The maximum atomic E-state index is 11.7. The molecule has 1 aromatic heterocycles. The Hall–Kier alpha value is -2.28. The summed E-state index contributed by atoms with van der Waals surface area (Å²) in [5.74, 6) is -0.295. The van der Waals surface area contributed by atoms with Crippen LogP contribution in [0, 0.1) is 11.3 Å². The smallest absolute Gasteiger partial charge is 0.302 e. The zero-order valence-electron chi connectivity index (χ0n) is 9.58. The highest BCUT2D eigenvalue weighted by molar-refractivity contribution is 5.24. The highest BCUT2D eigenvalue weighted by Crippen LogP contribution is 2.15. The zero-order valence-corrected chi connectivity index (χ0v) is 9.58. The van der Waals surface area contributed by atoms with Crippen LogP contribution >= 0.6 is 0 Å². The Labute approximate surface area is 99.4 Å². The van der Waals surface area contributed by atoms with Crippen molar-refractivity contribution in [3.63, 3.8) is 0 Å². The molecule has 17 heavy (non-hydrogen) atoms. The summed E-state index contributed by atoms with van der Waals surface area (Å²) < 4.78 is 3.06. The summed E-state index contributed by atoms with van der Waals surface area (Å²) in [7, 11) is 1.70. The van der Waals surface area contributed by atoms with E-state index in [1.165, 1.54) is 4.57 Å². The van der Waals surface area contributed by atoms with Crippen LogP contribution in [-0.4, -0.2) is 9.13 Å². The van der Waals surface area contributed by atoms with E-state index in [1.54, 1.807) is 24.0 Å². The Bertz CT molecular complexity index is 589. The van der Waals surface area contributed by atoms with Crippen LogP contribution in [0.2, 0.25) is 0 Å². The van der Waals surface area contributed by atoms with E-state index in [-0.39, 0.29) is 11.6 Å². The fourth-order valence-electron chi connectivity index (χ4n) is 1.75. The summed E-state index contributed by atoms with van der Waals surface area (Å²) in [6.07, 6.45) is 3.40. The van der Waals surface area contributed by atoms with Crippen molar-refractivity contribution >= 4 is 0 Å². The third-order valence-corrected chi connectivity index (χ3v) is 2.75. The SMILES string of the molecule is Cn1ccn(CC(C#N)c2ccccc2)c1=O. The number of hydrogen-bond acceptors (Lipinski definition) is 2. The summed E-state index contributed by atoms with van der Waals surface area (Å²) in [4.78, 5) is 11.7. The maximum absolute atomic E-state index is 11.7. The van der Waals surface area contributed by atoms with Crippen LogP contribution in [-0.2, 0) is 13.6 Å². The fourth-order valence-corrected chi connectivity index (χ4v) is 1.75. The molecule has 4 heteroatoms. The van der Waals surface area contributed by atoms with Crippen molar-refractivity contribution in [2.75, 3.05) is 0 Å². The van der Waals surface area contributed by atoms with Gasteiger partial charge in [0, 0.05) is 26.0 Å². The van der Waals surface area contributed by atoms with E-state index in [9.17, 15) is 4.79 Å². The van der Waals surface area contributed by atoms with Crippen LogP contribution in [0.3, 0.4) is 0 Å². The minimum absolute atomic E-state index is 0.0961. The lowest BCUT2D eigenvalue weighted by molar-refractivity contribution is 0.611. The van der Waals surface area contributed by atoms with Gasteiger partial charge in [-0.25, -0.2) is 4.79 Å². The molecule has 0 N–H and O–H groups in total. The molecule has 1 atom stereocenters. The van der Waals surface area contributed by atoms with Crippen molar-refractivity contribution in [2.45, 2.75) is 12.5 Å². The van der Waals surface area contributed by atoms with Crippen LogP contribution < -0.4 is 5.69 Å². The van der Waals surface area contributed by atoms with Gasteiger partial charge in [0.2, 0.25) is 0 Å². The third kappa shape index (κ3) is 2.28. The molecule has 2 aromatic rings. The molecule has 4 nitrogen and oxygen atoms in total. The Kier molecular flexibility index (Phi) is 3.10. The molecule has 0 saturated carbocycles. The molecule has 0 saturated heterocycles. The van der Waals surface area contributed by atoms with Crippen molar-refractivity contribution in [1.29, 1.82) is 5.26 Å². The van der Waals surface area contributed by atoms with Crippen LogP contribution in [0.4, 0.5) is 0 Å². The second kappa shape index (κ2) is 4.71. The van der Waals surface area contributed by atoms with E-state index in [0.717, 1.165) is 5.56 Å². The van der Waals surface area contributed by atoms with Crippen LogP contribution in [0.15, 0.2) is 47.5 Å². The Morgan fingerprint density at radius 3 is 2.53 bits per heavy atom. The minimum atomic E-state index is -0.295. The van der Waals surface area contributed by atoms with E-state index in [1.807, 2.05) is 30.3 Å². The second-order valence-corrected chi connectivity index (χ2v) is 3.94.